The van der Waals surface area contributed by atoms with E-state index < -0.39 is 0 Å². The highest BCUT2D eigenvalue weighted by Gasteiger charge is 2.29. The minimum Gasteiger partial charge on any atom is -0.312 e. The minimum absolute atomic E-state index is 0.139. The van der Waals surface area contributed by atoms with Crippen molar-refractivity contribution in [3.05, 3.63) is 33.8 Å². The molecule has 1 aromatic carbocycles. The van der Waals surface area contributed by atoms with Gasteiger partial charge in [-0.05, 0) is 28.7 Å². The second kappa shape index (κ2) is 4.05. The molecule has 0 atom stereocenters. The highest BCUT2D eigenvalue weighted by atomic mass is 35.5. The lowest BCUT2D eigenvalue weighted by molar-refractivity contribution is 0.434. The second-order valence-electron chi connectivity index (χ2n) is 5.68. The molecule has 1 heterocycles. The first-order valence-corrected chi connectivity index (χ1v) is 6.33. The molecule has 0 spiro atoms. The Balaban J connectivity index is 2.57. The quantitative estimate of drug-likeness (QED) is 0.783. The summed E-state index contributed by atoms with van der Waals surface area (Å²) >= 11 is 6.45. The molecule has 0 radical (unpaired) electrons. The number of rotatable bonds is 1. The third-order valence-electron chi connectivity index (χ3n) is 3.42. The van der Waals surface area contributed by atoms with E-state index in [9.17, 15) is 0 Å². The molecule has 0 bridgehead atoms. The Morgan fingerprint density at radius 2 is 2.00 bits per heavy atom. The monoisotopic (exact) mass is 237 g/mol. The molecule has 0 unspecified atom stereocenters. The van der Waals surface area contributed by atoms with Gasteiger partial charge in [-0.2, -0.15) is 0 Å². The van der Waals surface area contributed by atoms with Gasteiger partial charge in [-0.15, -0.1) is 0 Å². The van der Waals surface area contributed by atoms with Crippen molar-refractivity contribution in [1.29, 1.82) is 0 Å². The molecule has 1 nitrogen and oxygen atoms in total. The van der Waals surface area contributed by atoms with E-state index in [0.29, 0.717) is 5.92 Å². The van der Waals surface area contributed by atoms with Gasteiger partial charge in [0.15, 0.2) is 0 Å². The fourth-order valence-electron chi connectivity index (χ4n) is 2.52. The van der Waals surface area contributed by atoms with Crippen LogP contribution in [-0.4, -0.2) is 6.54 Å². The van der Waals surface area contributed by atoms with E-state index in [-0.39, 0.29) is 5.41 Å². The van der Waals surface area contributed by atoms with Crippen LogP contribution in [0.1, 0.15) is 50.3 Å². The lowest BCUT2D eigenvalue weighted by Crippen LogP contribution is -2.39. The molecular formula is C14H20ClN. The summed E-state index contributed by atoms with van der Waals surface area (Å²) < 4.78 is 0. The van der Waals surface area contributed by atoms with Crippen molar-refractivity contribution in [1.82, 2.24) is 5.32 Å². The standard InChI is InChI=1S/C14H20ClN/c1-9(2)10-5-11-7-16-8-14(3,4)13(11)12(15)6-10/h5-6,9,16H,7-8H2,1-4H3. The highest BCUT2D eigenvalue weighted by molar-refractivity contribution is 6.31. The molecule has 0 aromatic heterocycles. The molecule has 1 aliphatic rings. The first kappa shape index (κ1) is 11.9. The third kappa shape index (κ3) is 1.99. The molecule has 2 rings (SSSR count). The Hall–Kier alpha value is -0.530. The summed E-state index contributed by atoms with van der Waals surface area (Å²) in [7, 11) is 0. The summed E-state index contributed by atoms with van der Waals surface area (Å²) in [6.45, 7) is 10.9. The van der Waals surface area contributed by atoms with Crippen LogP contribution in [0.5, 0.6) is 0 Å². The number of fused-ring (bicyclic) bond motifs is 1. The van der Waals surface area contributed by atoms with E-state index >= 15 is 0 Å². The van der Waals surface area contributed by atoms with Crippen LogP contribution in [0.3, 0.4) is 0 Å². The van der Waals surface area contributed by atoms with Gasteiger partial charge in [0, 0.05) is 23.5 Å². The van der Waals surface area contributed by atoms with Crippen molar-refractivity contribution >= 4 is 11.6 Å². The lowest BCUT2D eigenvalue weighted by atomic mass is 9.78. The number of hydrogen-bond donors (Lipinski definition) is 1. The van der Waals surface area contributed by atoms with Crippen LogP contribution < -0.4 is 5.32 Å². The third-order valence-corrected chi connectivity index (χ3v) is 3.72. The van der Waals surface area contributed by atoms with Crippen LogP contribution in [0, 0.1) is 0 Å². The second-order valence-corrected chi connectivity index (χ2v) is 6.09. The van der Waals surface area contributed by atoms with Crippen LogP contribution in [0.2, 0.25) is 5.02 Å². The molecule has 1 N–H and O–H groups in total. The van der Waals surface area contributed by atoms with Gasteiger partial charge in [-0.1, -0.05) is 45.4 Å². The number of hydrogen-bond acceptors (Lipinski definition) is 1. The largest absolute Gasteiger partial charge is 0.312 e. The zero-order valence-corrected chi connectivity index (χ0v) is 11.3. The van der Waals surface area contributed by atoms with Gasteiger partial charge in [0.1, 0.15) is 0 Å². The van der Waals surface area contributed by atoms with Gasteiger partial charge in [0.25, 0.3) is 0 Å². The van der Waals surface area contributed by atoms with Crippen LogP contribution >= 0.6 is 11.6 Å². The maximum atomic E-state index is 6.45. The molecule has 0 aliphatic carbocycles. The zero-order chi connectivity index (χ0) is 11.9. The molecule has 16 heavy (non-hydrogen) atoms. The average molecular weight is 238 g/mol. The normalized spacial score (nSPS) is 18.6. The topological polar surface area (TPSA) is 12.0 Å². The minimum atomic E-state index is 0.139. The summed E-state index contributed by atoms with van der Waals surface area (Å²) in [4.78, 5) is 0. The predicted octanol–water partition coefficient (Wildman–Crippen LogP) is 3.84. The summed E-state index contributed by atoms with van der Waals surface area (Å²) in [6, 6.07) is 4.44. The smallest absolute Gasteiger partial charge is 0.0450 e. The van der Waals surface area contributed by atoms with Crippen LogP contribution in [0.15, 0.2) is 12.1 Å². The number of halogens is 1. The van der Waals surface area contributed by atoms with Crippen LogP contribution in [0.4, 0.5) is 0 Å². The van der Waals surface area contributed by atoms with Crippen molar-refractivity contribution in [2.45, 2.75) is 45.6 Å². The fraction of sp³-hybridized carbons (Fsp3) is 0.571. The predicted molar refractivity (Wildman–Crippen MR) is 70.3 cm³/mol. The van der Waals surface area contributed by atoms with Gasteiger partial charge in [0.05, 0.1) is 0 Å². The molecule has 0 fully saturated rings. The van der Waals surface area contributed by atoms with Crippen molar-refractivity contribution in [2.24, 2.45) is 0 Å². The number of nitrogens with one attached hydrogen (secondary N) is 1. The van der Waals surface area contributed by atoms with E-state index in [4.69, 9.17) is 11.6 Å². The van der Waals surface area contributed by atoms with E-state index in [0.717, 1.165) is 18.1 Å². The summed E-state index contributed by atoms with van der Waals surface area (Å²) in [5.74, 6) is 0.535. The summed E-state index contributed by atoms with van der Waals surface area (Å²) in [5.41, 5.74) is 4.17. The van der Waals surface area contributed by atoms with E-state index in [1.165, 1.54) is 16.7 Å². The van der Waals surface area contributed by atoms with Crippen molar-refractivity contribution < 1.29 is 0 Å². The molecule has 0 amide bonds. The Morgan fingerprint density at radius 3 is 2.62 bits per heavy atom. The molecule has 2 heteroatoms. The van der Waals surface area contributed by atoms with Gasteiger partial charge in [-0.25, -0.2) is 0 Å². The molecule has 1 aromatic rings. The molecule has 0 saturated carbocycles. The van der Waals surface area contributed by atoms with Crippen LogP contribution in [-0.2, 0) is 12.0 Å². The Morgan fingerprint density at radius 1 is 1.31 bits per heavy atom. The maximum Gasteiger partial charge on any atom is 0.0450 e. The Labute approximate surface area is 103 Å². The zero-order valence-electron chi connectivity index (χ0n) is 10.5. The molecule has 1 aliphatic heterocycles. The summed E-state index contributed by atoms with van der Waals surface area (Å²) in [6.07, 6.45) is 0. The van der Waals surface area contributed by atoms with Crippen molar-refractivity contribution in [3.8, 4) is 0 Å². The van der Waals surface area contributed by atoms with Crippen LogP contribution in [0.25, 0.3) is 0 Å². The SMILES string of the molecule is CC(C)c1cc(Cl)c2c(c1)CNCC2(C)C. The van der Waals surface area contributed by atoms with Crippen molar-refractivity contribution in [3.63, 3.8) is 0 Å². The van der Waals surface area contributed by atoms with Gasteiger partial charge in [-0.3, -0.25) is 0 Å². The Kier molecular flexibility index (Phi) is 3.02. The first-order chi connectivity index (χ1) is 7.42. The highest BCUT2D eigenvalue weighted by Crippen LogP contribution is 2.37. The lowest BCUT2D eigenvalue weighted by Gasteiger charge is -2.34. The molecule has 0 saturated heterocycles. The molecule has 88 valence electrons. The van der Waals surface area contributed by atoms with Gasteiger partial charge in [0.2, 0.25) is 0 Å². The van der Waals surface area contributed by atoms with Gasteiger partial charge >= 0.3 is 0 Å². The van der Waals surface area contributed by atoms with Gasteiger partial charge < -0.3 is 5.32 Å². The van der Waals surface area contributed by atoms with E-state index in [1.807, 2.05) is 0 Å². The maximum absolute atomic E-state index is 6.45. The molecular weight excluding hydrogens is 218 g/mol. The van der Waals surface area contributed by atoms with E-state index in [1.54, 1.807) is 0 Å². The fourth-order valence-corrected chi connectivity index (χ4v) is 3.02. The number of benzene rings is 1. The Bertz CT molecular complexity index is 407. The van der Waals surface area contributed by atoms with Crippen molar-refractivity contribution in [2.75, 3.05) is 6.54 Å². The first-order valence-electron chi connectivity index (χ1n) is 5.95. The average Bonchev–Trinajstić information content (AvgIpc) is 2.15. The summed E-state index contributed by atoms with van der Waals surface area (Å²) in [5, 5.41) is 4.40. The van der Waals surface area contributed by atoms with E-state index in [2.05, 4.69) is 45.1 Å².